The van der Waals surface area contributed by atoms with E-state index in [4.69, 9.17) is 4.74 Å². The van der Waals surface area contributed by atoms with Crippen molar-refractivity contribution >= 4 is 28.4 Å². The number of amides is 1. The zero-order valence-electron chi connectivity index (χ0n) is 16.4. The molecule has 1 saturated heterocycles. The number of piperidine rings is 1. The molecule has 0 aromatic carbocycles. The minimum Gasteiger partial charge on any atom is -0.444 e. The second kappa shape index (κ2) is 8.21. The molecular weight excluding hydrogens is 362 g/mol. The van der Waals surface area contributed by atoms with E-state index >= 15 is 0 Å². The molecular formula is C19H27N5O2S. The van der Waals surface area contributed by atoms with Crippen molar-refractivity contribution in [3.8, 4) is 0 Å². The predicted octanol–water partition coefficient (Wildman–Crippen LogP) is 4.17. The van der Waals surface area contributed by atoms with Crippen LogP contribution in [0.3, 0.4) is 0 Å². The van der Waals surface area contributed by atoms with Gasteiger partial charge in [0, 0.05) is 35.9 Å². The van der Waals surface area contributed by atoms with Gasteiger partial charge in [0.2, 0.25) is 0 Å². The number of ether oxygens (including phenoxy) is 1. The van der Waals surface area contributed by atoms with Crippen molar-refractivity contribution in [1.29, 1.82) is 0 Å². The van der Waals surface area contributed by atoms with Crippen LogP contribution < -0.4 is 5.32 Å². The largest absolute Gasteiger partial charge is 0.444 e. The first-order valence-corrected chi connectivity index (χ1v) is 10.1. The number of carbonyl (C=O) groups is 1. The Morgan fingerprint density at radius 3 is 2.89 bits per heavy atom. The fourth-order valence-corrected chi connectivity index (χ4v) is 3.79. The number of nitrogens with zero attached hydrogens (tertiary/aromatic N) is 4. The molecule has 3 heterocycles. The average molecular weight is 390 g/mol. The fraction of sp³-hybridized carbons (Fsp3) is 0.579. The van der Waals surface area contributed by atoms with Crippen LogP contribution in [0.1, 0.15) is 44.2 Å². The Kier molecular flexibility index (Phi) is 5.94. The highest BCUT2D eigenvalue weighted by Crippen LogP contribution is 2.24. The van der Waals surface area contributed by atoms with E-state index in [0.717, 1.165) is 47.3 Å². The summed E-state index contributed by atoms with van der Waals surface area (Å²) in [6.07, 6.45) is 6.06. The monoisotopic (exact) mass is 389 g/mol. The summed E-state index contributed by atoms with van der Waals surface area (Å²) in [7, 11) is 0. The summed E-state index contributed by atoms with van der Waals surface area (Å²) in [4.78, 5) is 28.3. The number of rotatable bonds is 4. The van der Waals surface area contributed by atoms with Gasteiger partial charge >= 0.3 is 6.09 Å². The minimum atomic E-state index is -0.467. The van der Waals surface area contributed by atoms with Gasteiger partial charge < -0.3 is 15.0 Å². The van der Waals surface area contributed by atoms with Crippen LogP contribution in [0, 0.1) is 12.8 Å². The number of likely N-dealkylation sites (tertiary alicyclic amines) is 1. The maximum absolute atomic E-state index is 12.3. The van der Waals surface area contributed by atoms with Crippen molar-refractivity contribution in [1.82, 2.24) is 19.9 Å². The topological polar surface area (TPSA) is 80.2 Å². The van der Waals surface area contributed by atoms with Crippen LogP contribution in [-0.4, -0.2) is 44.6 Å². The van der Waals surface area contributed by atoms with E-state index < -0.39 is 5.60 Å². The molecule has 1 aliphatic heterocycles. The highest BCUT2D eigenvalue weighted by Gasteiger charge is 2.27. The molecule has 0 radical (unpaired) electrons. The molecule has 1 aliphatic rings. The molecule has 3 rings (SSSR count). The smallest absolute Gasteiger partial charge is 0.410 e. The molecule has 2 aromatic rings. The number of anilines is 2. The standard InChI is InChI=1S/C19H27N5O2S/c1-13-10-20-17(27-13)23-16-9-15(21-12-22-16)8-14-6-5-7-24(11-14)18(25)26-19(2,3)4/h9-10,12,14H,5-8,11H2,1-4H3,(H,20,21,22,23)/t14-/m1/s1. The molecule has 1 N–H and O–H groups in total. The zero-order valence-corrected chi connectivity index (χ0v) is 17.2. The lowest BCUT2D eigenvalue weighted by molar-refractivity contribution is 0.0165. The second-order valence-corrected chi connectivity index (χ2v) is 9.17. The SMILES string of the molecule is Cc1cnc(Nc2cc(C[C@H]3CCCN(C(=O)OC(C)(C)C)C3)ncn2)s1. The molecule has 2 aromatic heterocycles. The van der Waals surface area contributed by atoms with E-state index in [1.165, 1.54) is 0 Å². The second-order valence-electron chi connectivity index (χ2n) is 7.93. The van der Waals surface area contributed by atoms with Crippen molar-refractivity contribution in [3.05, 3.63) is 29.2 Å². The molecule has 1 fully saturated rings. The van der Waals surface area contributed by atoms with Crippen LogP contribution in [0.15, 0.2) is 18.6 Å². The number of hydrogen-bond acceptors (Lipinski definition) is 7. The molecule has 0 unspecified atom stereocenters. The Labute approximate surface area is 164 Å². The lowest BCUT2D eigenvalue weighted by Gasteiger charge is -2.34. The van der Waals surface area contributed by atoms with Gasteiger partial charge in [-0.25, -0.2) is 19.7 Å². The molecule has 146 valence electrons. The van der Waals surface area contributed by atoms with E-state index in [-0.39, 0.29) is 6.09 Å². The number of aromatic nitrogens is 3. The van der Waals surface area contributed by atoms with Crippen molar-refractivity contribution in [3.63, 3.8) is 0 Å². The average Bonchev–Trinajstić information content (AvgIpc) is 2.99. The van der Waals surface area contributed by atoms with Gasteiger partial charge in [-0.3, -0.25) is 0 Å². The van der Waals surface area contributed by atoms with Crippen LogP contribution >= 0.6 is 11.3 Å². The van der Waals surface area contributed by atoms with E-state index in [0.29, 0.717) is 12.5 Å². The van der Waals surface area contributed by atoms with Crippen molar-refractivity contribution in [2.24, 2.45) is 5.92 Å². The highest BCUT2D eigenvalue weighted by atomic mass is 32.1. The molecule has 0 saturated carbocycles. The van der Waals surface area contributed by atoms with Gasteiger partial charge in [0.1, 0.15) is 17.7 Å². The van der Waals surface area contributed by atoms with Crippen molar-refractivity contribution in [2.75, 3.05) is 18.4 Å². The first-order chi connectivity index (χ1) is 12.8. The van der Waals surface area contributed by atoms with Gasteiger partial charge in [-0.1, -0.05) is 0 Å². The van der Waals surface area contributed by atoms with E-state index in [9.17, 15) is 4.79 Å². The van der Waals surface area contributed by atoms with Gasteiger partial charge in [-0.15, -0.1) is 11.3 Å². The first kappa shape index (κ1) is 19.5. The Morgan fingerprint density at radius 1 is 1.37 bits per heavy atom. The Hall–Kier alpha value is -2.22. The lowest BCUT2D eigenvalue weighted by Crippen LogP contribution is -2.43. The fourth-order valence-electron chi connectivity index (χ4n) is 3.12. The van der Waals surface area contributed by atoms with E-state index in [1.54, 1.807) is 17.7 Å². The number of nitrogens with one attached hydrogen (secondary N) is 1. The predicted molar refractivity (Wildman–Crippen MR) is 106 cm³/mol. The van der Waals surface area contributed by atoms with E-state index in [2.05, 4.69) is 20.3 Å². The summed E-state index contributed by atoms with van der Waals surface area (Å²) in [6, 6.07) is 1.96. The normalized spacial score (nSPS) is 17.6. The van der Waals surface area contributed by atoms with Crippen LogP contribution in [0.2, 0.25) is 0 Å². The van der Waals surface area contributed by atoms with Crippen molar-refractivity contribution in [2.45, 2.75) is 52.6 Å². The third-order valence-corrected chi connectivity index (χ3v) is 5.08. The summed E-state index contributed by atoms with van der Waals surface area (Å²) in [5, 5.41) is 4.05. The van der Waals surface area contributed by atoms with Gasteiger partial charge in [-0.2, -0.15) is 0 Å². The van der Waals surface area contributed by atoms with Crippen LogP contribution in [-0.2, 0) is 11.2 Å². The van der Waals surface area contributed by atoms with Gasteiger partial charge in [-0.05, 0) is 52.9 Å². The molecule has 1 atom stereocenters. The number of carbonyl (C=O) groups excluding carboxylic acids is 1. The zero-order chi connectivity index (χ0) is 19.4. The molecule has 8 heteroatoms. The van der Waals surface area contributed by atoms with Gasteiger partial charge in [0.25, 0.3) is 0 Å². The Bertz CT molecular complexity index is 786. The Balaban J connectivity index is 1.59. The maximum atomic E-state index is 12.3. The molecule has 0 bridgehead atoms. The summed E-state index contributed by atoms with van der Waals surface area (Å²) in [6.45, 7) is 9.16. The number of aryl methyl sites for hydroxylation is 1. The maximum Gasteiger partial charge on any atom is 0.410 e. The summed E-state index contributed by atoms with van der Waals surface area (Å²) >= 11 is 1.59. The number of hydrogen-bond donors (Lipinski definition) is 1. The van der Waals surface area contributed by atoms with Gasteiger partial charge in [0.15, 0.2) is 5.13 Å². The van der Waals surface area contributed by atoms with Crippen molar-refractivity contribution < 1.29 is 9.53 Å². The van der Waals surface area contributed by atoms with Crippen LogP contribution in [0.4, 0.5) is 15.7 Å². The number of thiazole rings is 1. The van der Waals surface area contributed by atoms with Gasteiger partial charge in [0.05, 0.1) is 0 Å². The third kappa shape index (κ3) is 5.89. The van der Waals surface area contributed by atoms with E-state index in [1.807, 2.05) is 44.9 Å². The Morgan fingerprint density at radius 2 is 2.19 bits per heavy atom. The summed E-state index contributed by atoms with van der Waals surface area (Å²) in [5.74, 6) is 1.12. The van der Waals surface area contributed by atoms with Crippen LogP contribution in [0.25, 0.3) is 0 Å². The highest BCUT2D eigenvalue weighted by molar-refractivity contribution is 7.15. The molecule has 7 nitrogen and oxygen atoms in total. The minimum absolute atomic E-state index is 0.226. The quantitative estimate of drug-likeness (QED) is 0.845. The summed E-state index contributed by atoms with van der Waals surface area (Å²) < 4.78 is 5.51. The lowest BCUT2D eigenvalue weighted by atomic mass is 9.93. The molecule has 1 amide bonds. The molecule has 27 heavy (non-hydrogen) atoms. The first-order valence-electron chi connectivity index (χ1n) is 9.27. The van der Waals surface area contributed by atoms with Crippen LogP contribution in [0.5, 0.6) is 0 Å². The third-order valence-electron chi connectivity index (χ3n) is 4.25. The summed E-state index contributed by atoms with van der Waals surface area (Å²) in [5.41, 5.74) is 0.502. The molecule has 0 aliphatic carbocycles. The molecule has 0 spiro atoms.